The minimum atomic E-state index is -0.176. The van der Waals surface area contributed by atoms with Gasteiger partial charge in [0.25, 0.3) is 0 Å². The summed E-state index contributed by atoms with van der Waals surface area (Å²) in [5.74, 6) is 1.78. The van der Waals surface area contributed by atoms with Gasteiger partial charge in [-0.2, -0.15) is 0 Å². The zero-order chi connectivity index (χ0) is 29.7. The lowest BCUT2D eigenvalue weighted by molar-refractivity contribution is 0.256. The van der Waals surface area contributed by atoms with Crippen LogP contribution in [0.1, 0.15) is 49.7 Å². The SMILES string of the molecule is O=c1c(OCCCCCCCCBr)c(-c2ccc(OCc3ccccc3)c(OCc3ccccc3)c2)oc2ccccc12. The van der Waals surface area contributed by atoms with Gasteiger partial charge in [-0.15, -0.1) is 0 Å². The van der Waals surface area contributed by atoms with E-state index >= 15 is 0 Å². The van der Waals surface area contributed by atoms with Crippen LogP contribution in [0.3, 0.4) is 0 Å². The molecule has 0 aliphatic carbocycles. The first-order valence-electron chi connectivity index (χ1n) is 15.0. The highest BCUT2D eigenvalue weighted by atomic mass is 79.9. The molecule has 0 saturated carbocycles. The molecule has 1 heterocycles. The molecule has 5 aromatic rings. The fourth-order valence-corrected chi connectivity index (χ4v) is 5.27. The lowest BCUT2D eigenvalue weighted by atomic mass is 10.1. The Morgan fingerprint density at radius 2 is 1.21 bits per heavy atom. The van der Waals surface area contributed by atoms with E-state index in [4.69, 9.17) is 18.6 Å². The summed E-state index contributed by atoms with van der Waals surface area (Å²) in [5, 5.41) is 1.55. The third kappa shape index (κ3) is 8.51. The van der Waals surface area contributed by atoms with Crippen LogP contribution >= 0.6 is 15.9 Å². The van der Waals surface area contributed by atoms with E-state index in [2.05, 4.69) is 15.9 Å². The average Bonchev–Trinajstić information content (AvgIpc) is 3.06. The quantitative estimate of drug-likeness (QED) is 0.0793. The molecule has 0 amide bonds. The molecular formula is C37H37BrO5. The number of unbranched alkanes of at least 4 members (excludes halogenated alkanes) is 5. The van der Waals surface area contributed by atoms with Crippen LogP contribution in [0.4, 0.5) is 0 Å². The molecule has 0 radical (unpaired) electrons. The molecule has 222 valence electrons. The van der Waals surface area contributed by atoms with Gasteiger partial charge in [0.2, 0.25) is 11.2 Å². The number of halogens is 1. The second-order valence-corrected chi connectivity index (χ2v) is 11.2. The molecule has 0 spiro atoms. The zero-order valence-electron chi connectivity index (χ0n) is 24.3. The highest BCUT2D eigenvalue weighted by Gasteiger charge is 2.20. The minimum absolute atomic E-state index is 0.176. The second kappa shape index (κ2) is 16.0. The molecule has 0 N–H and O–H groups in total. The third-order valence-electron chi connectivity index (χ3n) is 7.21. The maximum atomic E-state index is 13.6. The number of benzene rings is 4. The van der Waals surface area contributed by atoms with Crippen LogP contribution in [0, 0.1) is 0 Å². The van der Waals surface area contributed by atoms with E-state index < -0.39 is 0 Å². The maximum Gasteiger partial charge on any atom is 0.235 e. The van der Waals surface area contributed by atoms with Gasteiger partial charge >= 0.3 is 0 Å². The average molecular weight is 642 g/mol. The third-order valence-corrected chi connectivity index (χ3v) is 7.77. The number of ether oxygens (including phenoxy) is 3. The summed E-state index contributed by atoms with van der Waals surface area (Å²) in [6, 6.07) is 32.9. The molecule has 0 fully saturated rings. The number of para-hydroxylation sites is 1. The molecule has 6 heteroatoms. The van der Waals surface area contributed by atoms with E-state index in [1.807, 2.05) is 91.0 Å². The Morgan fingerprint density at radius 1 is 0.605 bits per heavy atom. The molecule has 0 aliphatic heterocycles. The number of hydrogen-bond donors (Lipinski definition) is 0. The Bertz CT molecular complexity index is 1630. The van der Waals surface area contributed by atoms with Crippen LogP contribution in [-0.2, 0) is 13.2 Å². The van der Waals surface area contributed by atoms with E-state index in [1.54, 1.807) is 12.1 Å². The summed E-state index contributed by atoms with van der Waals surface area (Å²) in [7, 11) is 0. The van der Waals surface area contributed by atoms with Gasteiger partial charge in [0, 0.05) is 10.9 Å². The van der Waals surface area contributed by atoms with Gasteiger partial charge in [-0.05, 0) is 54.3 Å². The number of alkyl halides is 1. The Hall–Kier alpha value is -4.03. The lowest BCUT2D eigenvalue weighted by Crippen LogP contribution is -2.11. The number of rotatable bonds is 16. The van der Waals surface area contributed by atoms with Crippen LogP contribution in [0.15, 0.2) is 112 Å². The Balaban J connectivity index is 1.42. The molecular weight excluding hydrogens is 604 g/mol. The molecule has 1 aromatic heterocycles. The molecule has 5 rings (SSSR count). The lowest BCUT2D eigenvalue weighted by Gasteiger charge is -2.16. The summed E-state index contributed by atoms with van der Waals surface area (Å²) in [6.45, 7) is 1.22. The molecule has 0 atom stereocenters. The predicted molar refractivity (Wildman–Crippen MR) is 176 cm³/mol. The van der Waals surface area contributed by atoms with Crippen molar-refractivity contribution in [1.82, 2.24) is 0 Å². The minimum Gasteiger partial charge on any atom is -0.486 e. The smallest absolute Gasteiger partial charge is 0.235 e. The maximum absolute atomic E-state index is 13.6. The van der Waals surface area contributed by atoms with E-state index in [-0.39, 0.29) is 11.2 Å². The first kappa shape index (κ1) is 30.4. The van der Waals surface area contributed by atoms with E-state index in [1.165, 1.54) is 19.3 Å². The number of fused-ring (bicyclic) bond motifs is 1. The summed E-state index contributed by atoms with van der Waals surface area (Å²) in [6.07, 6.45) is 6.72. The molecule has 4 aromatic carbocycles. The van der Waals surface area contributed by atoms with Crippen molar-refractivity contribution in [2.24, 2.45) is 0 Å². The van der Waals surface area contributed by atoms with Gasteiger partial charge in [-0.3, -0.25) is 4.79 Å². The molecule has 0 aliphatic rings. The Labute approximate surface area is 261 Å². The largest absolute Gasteiger partial charge is 0.486 e. The molecule has 43 heavy (non-hydrogen) atoms. The van der Waals surface area contributed by atoms with Crippen molar-refractivity contribution >= 4 is 26.9 Å². The predicted octanol–water partition coefficient (Wildman–Crippen LogP) is 9.73. The van der Waals surface area contributed by atoms with Crippen molar-refractivity contribution in [2.75, 3.05) is 11.9 Å². The molecule has 5 nitrogen and oxygen atoms in total. The fraction of sp³-hybridized carbons (Fsp3) is 0.270. The normalized spacial score (nSPS) is 11.0. The first-order chi connectivity index (χ1) is 21.2. The Morgan fingerprint density at radius 3 is 1.91 bits per heavy atom. The highest BCUT2D eigenvalue weighted by Crippen LogP contribution is 2.38. The van der Waals surface area contributed by atoms with Crippen LogP contribution in [0.2, 0.25) is 0 Å². The van der Waals surface area contributed by atoms with E-state index in [0.29, 0.717) is 53.6 Å². The van der Waals surface area contributed by atoms with Crippen molar-refractivity contribution in [3.05, 3.63) is 124 Å². The fourth-order valence-electron chi connectivity index (χ4n) is 4.88. The van der Waals surface area contributed by atoms with Gasteiger partial charge in [0.1, 0.15) is 18.8 Å². The van der Waals surface area contributed by atoms with Crippen molar-refractivity contribution in [1.29, 1.82) is 0 Å². The second-order valence-electron chi connectivity index (χ2n) is 10.5. The van der Waals surface area contributed by atoms with Crippen LogP contribution < -0.4 is 19.6 Å². The monoisotopic (exact) mass is 640 g/mol. The van der Waals surface area contributed by atoms with Crippen molar-refractivity contribution < 1.29 is 18.6 Å². The summed E-state index contributed by atoms with van der Waals surface area (Å²) in [4.78, 5) is 13.6. The van der Waals surface area contributed by atoms with Gasteiger partial charge in [0.15, 0.2) is 17.3 Å². The molecule has 0 unspecified atom stereocenters. The van der Waals surface area contributed by atoms with E-state index in [0.717, 1.165) is 35.7 Å². The van der Waals surface area contributed by atoms with Gasteiger partial charge in [-0.25, -0.2) is 0 Å². The van der Waals surface area contributed by atoms with E-state index in [9.17, 15) is 4.79 Å². The van der Waals surface area contributed by atoms with Gasteiger partial charge in [0.05, 0.1) is 12.0 Å². The standard InChI is InChI=1S/C37H37BrO5/c38-23-13-3-1-2-4-14-24-40-37-35(39)31-19-11-12-20-32(31)43-36(37)30-21-22-33(41-26-28-15-7-5-8-16-28)34(25-30)42-27-29-17-9-6-10-18-29/h5-12,15-22,25H,1-4,13-14,23-24,26-27H2. The topological polar surface area (TPSA) is 57.9 Å². The Kier molecular flexibility index (Phi) is 11.3. The zero-order valence-corrected chi connectivity index (χ0v) is 25.9. The van der Waals surface area contributed by atoms with Crippen molar-refractivity contribution in [3.63, 3.8) is 0 Å². The first-order valence-corrected chi connectivity index (χ1v) is 16.1. The van der Waals surface area contributed by atoms with Crippen LogP contribution in [0.25, 0.3) is 22.3 Å². The number of hydrogen-bond acceptors (Lipinski definition) is 5. The van der Waals surface area contributed by atoms with Gasteiger partial charge in [-0.1, -0.05) is 114 Å². The van der Waals surface area contributed by atoms with Crippen molar-refractivity contribution in [2.45, 2.75) is 51.7 Å². The van der Waals surface area contributed by atoms with Crippen molar-refractivity contribution in [3.8, 4) is 28.6 Å². The molecule has 0 bridgehead atoms. The highest BCUT2D eigenvalue weighted by molar-refractivity contribution is 9.09. The summed E-state index contributed by atoms with van der Waals surface area (Å²) in [5.41, 5.74) is 3.11. The summed E-state index contributed by atoms with van der Waals surface area (Å²) < 4.78 is 25.0. The summed E-state index contributed by atoms with van der Waals surface area (Å²) >= 11 is 3.49. The molecule has 0 saturated heterocycles. The van der Waals surface area contributed by atoms with Crippen LogP contribution in [-0.4, -0.2) is 11.9 Å². The van der Waals surface area contributed by atoms with Crippen LogP contribution in [0.5, 0.6) is 17.2 Å². The van der Waals surface area contributed by atoms with Gasteiger partial charge < -0.3 is 18.6 Å².